The third kappa shape index (κ3) is 5.35. The lowest BCUT2D eigenvalue weighted by atomic mass is 10.1. The Hall–Kier alpha value is -2.94. The first-order chi connectivity index (χ1) is 14.5. The molecule has 8 nitrogen and oxygen atoms in total. The predicted molar refractivity (Wildman–Crippen MR) is 115 cm³/mol. The molecule has 0 radical (unpaired) electrons. The lowest BCUT2D eigenvalue weighted by Gasteiger charge is -2.16. The summed E-state index contributed by atoms with van der Waals surface area (Å²) in [7, 11) is 0. The number of aliphatic hydroxyl groups is 2. The van der Waals surface area contributed by atoms with Crippen LogP contribution in [0, 0.1) is 0 Å². The van der Waals surface area contributed by atoms with Crippen LogP contribution < -0.4 is 10.6 Å². The maximum Gasteiger partial charge on any atom is 0.272 e. The zero-order valence-corrected chi connectivity index (χ0v) is 17.3. The third-order valence-electron chi connectivity index (χ3n) is 4.66. The van der Waals surface area contributed by atoms with Gasteiger partial charge < -0.3 is 25.4 Å². The molecule has 1 unspecified atom stereocenters. The van der Waals surface area contributed by atoms with Gasteiger partial charge in [-0.3, -0.25) is 4.79 Å². The highest BCUT2D eigenvalue weighted by Crippen LogP contribution is 2.18. The molecule has 30 heavy (non-hydrogen) atoms. The van der Waals surface area contributed by atoms with Gasteiger partial charge in [-0.2, -0.15) is 0 Å². The lowest BCUT2D eigenvalue weighted by molar-refractivity contribution is 0.0911. The second kappa shape index (κ2) is 10.2. The van der Waals surface area contributed by atoms with E-state index in [0.717, 1.165) is 12.1 Å². The fourth-order valence-electron chi connectivity index (χ4n) is 2.92. The number of nitrogens with zero attached hydrogens (tertiary/aromatic N) is 3. The van der Waals surface area contributed by atoms with Gasteiger partial charge in [0.25, 0.3) is 5.91 Å². The van der Waals surface area contributed by atoms with Crippen molar-refractivity contribution in [3.8, 4) is 5.69 Å². The number of pyridine rings is 1. The standard InChI is InChI=1S/C21H24ClN5O3/c1-2-16(11-28)25-20-9-17(6-7-23-20)27-10-18(24-13-27)21(30)26-19(12-29)14-4-3-5-15(22)8-14/h3-10,13,16,19,28-29H,2,11-12H2,1H3,(H,23,25)(H,26,30)/t16-,19?/m0/s1. The Morgan fingerprint density at radius 1 is 1.20 bits per heavy atom. The molecule has 3 aromatic rings. The van der Waals surface area contributed by atoms with Gasteiger partial charge in [0.2, 0.25) is 0 Å². The number of carbonyl (C=O) groups excluding carboxylic acids is 1. The zero-order chi connectivity index (χ0) is 21.5. The van der Waals surface area contributed by atoms with Gasteiger partial charge in [0.15, 0.2) is 0 Å². The Bertz CT molecular complexity index is 990. The lowest BCUT2D eigenvalue weighted by Crippen LogP contribution is -2.31. The van der Waals surface area contributed by atoms with E-state index in [9.17, 15) is 15.0 Å². The van der Waals surface area contributed by atoms with Gasteiger partial charge in [-0.25, -0.2) is 9.97 Å². The van der Waals surface area contributed by atoms with E-state index in [1.54, 1.807) is 47.3 Å². The molecule has 1 aromatic carbocycles. The molecule has 0 spiro atoms. The van der Waals surface area contributed by atoms with Gasteiger partial charge >= 0.3 is 0 Å². The van der Waals surface area contributed by atoms with Crippen LogP contribution >= 0.6 is 11.6 Å². The number of anilines is 1. The summed E-state index contributed by atoms with van der Waals surface area (Å²) in [5, 5.41) is 25.5. The first-order valence-electron chi connectivity index (χ1n) is 9.59. The van der Waals surface area contributed by atoms with Crippen molar-refractivity contribution in [3.05, 3.63) is 71.4 Å². The Morgan fingerprint density at radius 3 is 2.73 bits per heavy atom. The Labute approximate surface area is 179 Å². The molecule has 9 heteroatoms. The van der Waals surface area contributed by atoms with Crippen LogP contribution in [0.2, 0.25) is 5.02 Å². The minimum absolute atomic E-state index is 0.0104. The van der Waals surface area contributed by atoms with Gasteiger partial charge in [-0.1, -0.05) is 30.7 Å². The number of aromatic nitrogens is 3. The molecule has 0 saturated carbocycles. The molecular weight excluding hydrogens is 406 g/mol. The summed E-state index contributed by atoms with van der Waals surface area (Å²) < 4.78 is 1.70. The van der Waals surface area contributed by atoms with Gasteiger partial charge in [0.05, 0.1) is 31.0 Å². The van der Waals surface area contributed by atoms with Crippen LogP contribution in [0.15, 0.2) is 55.1 Å². The Balaban J connectivity index is 1.73. The minimum atomic E-state index is -0.595. The second-order valence-corrected chi connectivity index (χ2v) is 7.20. The number of rotatable bonds is 9. The van der Waals surface area contributed by atoms with E-state index >= 15 is 0 Å². The number of amides is 1. The fraction of sp³-hybridized carbons (Fsp3) is 0.286. The van der Waals surface area contributed by atoms with E-state index < -0.39 is 11.9 Å². The molecule has 2 aromatic heterocycles. The molecule has 0 bridgehead atoms. The average Bonchev–Trinajstić information content (AvgIpc) is 3.26. The quantitative estimate of drug-likeness (QED) is 0.416. The highest BCUT2D eigenvalue weighted by atomic mass is 35.5. The first kappa shape index (κ1) is 21.8. The summed E-state index contributed by atoms with van der Waals surface area (Å²) in [5.41, 5.74) is 1.68. The number of nitrogens with one attached hydrogen (secondary N) is 2. The molecule has 2 heterocycles. The maximum atomic E-state index is 12.6. The van der Waals surface area contributed by atoms with Gasteiger partial charge in [0.1, 0.15) is 17.8 Å². The van der Waals surface area contributed by atoms with Crippen molar-refractivity contribution >= 4 is 23.3 Å². The summed E-state index contributed by atoms with van der Waals surface area (Å²) in [6, 6.07) is 9.89. The number of hydrogen-bond acceptors (Lipinski definition) is 6. The molecule has 2 atom stereocenters. The average molecular weight is 430 g/mol. The molecule has 0 fully saturated rings. The van der Waals surface area contributed by atoms with Crippen LogP contribution in [0.1, 0.15) is 35.4 Å². The van der Waals surface area contributed by atoms with Crippen molar-refractivity contribution in [1.29, 1.82) is 0 Å². The van der Waals surface area contributed by atoms with Crippen LogP contribution in [0.3, 0.4) is 0 Å². The van der Waals surface area contributed by atoms with Crippen molar-refractivity contribution in [2.45, 2.75) is 25.4 Å². The third-order valence-corrected chi connectivity index (χ3v) is 4.90. The van der Waals surface area contributed by atoms with Crippen molar-refractivity contribution in [2.75, 3.05) is 18.5 Å². The topological polar surface area (TPSA) is 112 Å². The van der Waals surface area contributed by atoms with Crippen LogP contribution in [-0.4, -0.2) is 49.9 Å². The number of halogens is 1. The zero-order valence-electron chi connectivity index (χ0n) is 16.5. The molecule has 158 valence electrons. The summed E-state index contributed by atoms with van der Waals surface area (Å²) in [5.74, 6) is 0.209. The van der Waals surface area contributed by atoms with E-state index in [0.29, 0.717) is 16.4 Å². The number of carbonyl (C=O) groups is 1. The highest BCUT2D eigenvalue weighted by Gasteiger charge is 2.17. The summed E-state index contributed by atoms with van der Waals surface area (Å²) >= 11 is 6.00. The SMILES string of the molecule is CC[C@@H](CO)Nc1cc(-n2cnc(C(=O)NC(CO)c3cccc(Cl)c3)c2)ccn1. The molecular formula is C21H24ClN5O3. The van der Waals surface area contributed by atoms with Gasteiger partial charge in [-0.05, 0) is 30.2 Å². The molecule has 0 aliphatic carbocycles. The predicted octanol–water partition coefficient (Wildman–Crippen LogP) is 2.57. The Morgan fingerprint density at radius 2 is 2.03 bits per heavy atom. The van der Waals surface area contributed by atoms with Crippen molar-refractivity contribution in [1.82, 2.24) is 19.9 Å². The van der Waals surface area contributed by atoms with E-state index in [1.807, 2.05) is 13.0 Å². The van der Waals surface area contributed by atoms with Crippen LogP contribution in [0.4, 0.5) is 5.82 Å². The van der Waals surface area contributed by atoms with Crippen LogP contribution in [0.25, 0.3) is 5.69 Å². The number of imidazole rings is 1. The molecule has 0 saturated heterocycles. The monoisotopic (exact) mass is 429 g/mol. The normalized spacial score (nSPS) is 12.9. The smallest absolute Gasteiger partial charge is 0.272 e. The van der Waals surface area contributed by atoms with Gasteiger partial charge in [0, 0.05) is 23.5 Å². The van der Waals surface area contributed by atoms with E-state index in [2.05, 4.69) is 20.6 Å². The summed E-state index contributed by atoms with van der Waals surface area (Å²) in [6.45, 7) is 1.72. The molecule has 0 aliphatic heterocycles. The van der Waals surface area contributed by atoms with Crippen molar-refractivity contribution in [3.63, 3.8) is 0 Å². The van der Waals surface area contributed by atoms with E-state index in [-0.39, 0.29) is 24.9 Å². The Kier molecular flexibility index (Phi) is 7.40. The minimum Gasteiger partial charge on any atom is -0.394 e. The molecule has 0 aliphatic rings. The van der Waals surface area contributed by atoms with E-state index in [4.69, 9.17) is 11.6 Å². The highest BCUT2D eigenvalue weighted by molar-refractivity contribution is 6.30. The van der Waals surface area contributed by atoms with Crippen molar-refractivity contribution in [2.24, 2.45) is 0 Å². The fourth-order valence-corrected chi connectivity index (χ4v) is 3.11. The molecule has 1 amide bonds. The largest absolute Gasteiger partial charge is 0.394 e. The second-order valence-electron chi connectivity index (χ2n) is 6.76. The maximum absolute atomic E-state index is 12.6. The number of hydrogen-bond donors (Lipinski definition) is 4. The first-order valence-corrected chi connectivity index (χ1v) is 9.96. The summed E-state index contributed by atoms with van der Waals surface area (Å²) in [6.07, 6.45) is 5.54. The van der Waals surface area contributed by atoms with Crippen LogP contribution in [0.5, 0.6) is 0 Å². The number of aliphatic hydroxyl groups excluding tert-OH is 2. The van der Waals surface area contributed by atoms with Gasteiger partial charge in [-0.15, -0.1) is 0 Å². The number of benzene rings is 1. The van der Waals surface area contributed by atoms with E-state index in [1.165, 1.54) is 6.33 Å². The molecule has 4 N–H and O–H groups in total. The van der Waals surface area contributed by atoms with Crippen molar-refractivity contribution < 1.29 is 15.0 Å². The summed E-state index contributed by atoms with van der Waals surface area (Å²) in [4.78, 5) is 21.1. The molecule has 3 rings (SSSR count). The van der Waals surface area contributed by atoms with Crippen LogP contribution in [-0.2, 0) is 0 Å².